The SMILES string of the molecule is N[C@@H](CC=CC[C@H](N)C(=O)O)C(=O)O. The average Bonchev–Trinajstić information content (AvgIpc) is 2.11. The Morgan fingerprint density at radius 1 is 1.00 bits per heavy atom. The molecule has 0 aromatic heterocycles. The van der Waals surface area contributed by atoms with Gasteiger partial charge in [0.15, 0.2) is 0 Å². The maximum atomic E-state index is 10.3. The molecule has 14 heavy (non-hydrogen) atoms. The molecule has 80 valence electrons. The van der Waals surface area contributed by atoms with E-state index in [0.717, 1.165) is 0 Å². The summed E-state index contributed by atoms with van der Waals surface area (Å²) in [5.74, 6) is -2.17. The second kappa shape index (κ2) is 6.11. The van der Waals surface area contributed by atoms with Crippen LogP contribution < -0.4 is 11.5 Å². The predicted molar refractivity (Wildman–Crippen MR) is 49.6 cm³/mol. The average molecular weight is 202 g/mol. The smallest absolute Gasteiger partial charge is 0.320 e. The van der Waals surface area contributed by atoms with Crippen LogP contribution in [-0.4, -0.2) is 34.2 Å². The van der Waals surface area contributed by atoms with Gasteiger partial charge in [-0.25, -0.2) is 0 Å². The van der Waals surface area contributed by atoms with Gasteiger partial charge in [-0.15, -0.1) is 0 Å². The molecule has 0 aliphatic heterocycles. The van der Waals surface area contributed by atoms with Crippen LogP contribution in [0.15, 0.2) is 12.2 Å². The van der Waals surface area contributed by atoms with Crippen molar-refractivity contribution in [1.82, 2.24) is 0 Å². The Labute approximate surface area is 81.2 Å². The molecule has 0 aliphatic carbocycles. The number of carbonyl (C=O) groups is 2. The summed E-state index contributed by atoms with van der Waals surface area (Å²) in [6, 6.07) is -1.90. The summed E-state index contributed by atoms with van der Waals surface area (Å²) in [4.78, 5) is 20.5. The van der Waals surface area contributed by atoms with E-state index in [0.29, 0.717) is 0 Å². The van der Waals surface area contributed by atoms with Crippen molar-refractivity contribution in [2.45, 2.75) is 24.9 Å². The zero-order valence-corrected chi connectivity index (χ0v) is 7.59. The largest absolute Gasteiger partial charge is 0.480 e. The number of nitrogens with two attached hydrogens (primary N) is 2. The summed E-state index contributed by atoms with van der Waals surface area (Å²) in [6.45, 7) is 0. The molecule has 0 aliphatic rings. The lowest BCUT2D eigenvalue weighted by Gasteiger charge is -2.02. The van der Waals surface area contributed by atoms with Crippen molar-refractivity contribution in [2.24, 2.45) is 11.5 Å². The van der Waals surface area contributed by atoms with Gasteiger partial charge in [-0.1, -0.05) is 12.2 Å². The van der Waals surface area contributed by atoms with E-state index in [1.54, 1.807) is 0 Å². The number of carboxylic acid groups (broad SMARTS) is 2. The van der Waals surface area contributed by atoms with Crippen LogP contribution >= 0.6 is 0 Å². The highest BCUT2D eigenvalue weighted by atomic mass is 16.4. The number of rotatable bonds is 6. The molecule has 0 fully saturated rings. The molecule has 0 spiro atoms. The molecule has 0 rings (SSSR count). The standard InChI is InChI=1S/C8H14N2O4/c9-5(7(11)12)3-1-2-4-6(10)8(13)14/h1-2,5-6H,3-4,9-10H2,(H,11,12)(H,13,14)/t5-,6-/m0/s1. The van der Waals surface area contributed by atoms with Crippen LogP contribution in [0.1, 0.15) is 12.8 Å². The van der Waals surface area contributed by atoms with Gasteiger partial charge in [0.25, 0.3) is 0 Å². The number of hydrogen-bond acceptors (Lipinski definition) is 4. The van der Waals surface area contributed by atoms with Crippen molar-refractivity contribution < 1.29 is 19.8 Å². The van der Waals surface area contributed by atoms with E-state index in [-0.39, 0.29) is 12.8 Å². The number of hydrogen-bond donors (Lipinski definition) is 4. The molecule has 6 heteroatoms. The molecular weight excluding hydrogens is 188 g/mol. The fourth-order valence-electron chi connectivity index (χ4n) is 0.687. The van der Waals surface area contributed by atoms with Crippen LogP contribution in [0.4, 0.5) is 0 Å². The Bertz CT molecular complexity index is 215. The number of carboxylic acids is 2. The van der Waals surface area contributed by atoms with Crippen LogP contribution in [0.3, 0.4) is 0 Å². The van der Waals surface area contributed by atoms with E-state index in [1.807, 2.05) is 0 Å². The molecule has 0 saturated carbocycles. The maximum Gasteiger partial charge on any atom is 0.320 e. The minimum Gasteiger partial charge on any atom is -0.480 e. The van der Waals surface area contributed by atoms with Gasteiger partial charge in [0.1, 0.15) is 12.1 Å². The van der Waals surface area contributed by atoms with Gasteiger partial charge in [-0.2, -0.15) is 0 Å². The van der Waals surface area contributed by atoms with Gasteiger partial charge in [0, 0.05) is 0 Å². The molecule has 0 saturated heterocycles. The summed E-state index contributed by atoms with van der Waals surface area (Å²) in [5, 5.41) is 16.8. The Kier molecular flexibility index (Phi) is 5.50. The van der Waals surface area contributed by atoms with Crippen LogP contribution in [0.2, 0.25) is 0 Å². The fraction of sp³-hybridized carbons (Fsp3) is 0.500. The summed E-state index contributed by atoms with van der Waals surface area (Å²) in [6.07, 6.45) is 3.37. The molecular formula is C8H14N2O4. The molecule has 0 amide bonds. The van der Waals surface area contributed by atoms with E-state index < -0.39 is 24.0 Å². The van der Waals surface area contributed by atoms with Crippen LogP contribution in [0, 0.1) is 0 Å². The third-order valence-electron chi connectivity index (χ3n) is 1.58. The van der Waals surface area contributed by atoms with E-state index in [1.165, 1.54) is 12.2 Å². The first kappa shape index (κ1) is 12.6. The minimum absolute atomic E-state index is 0.168. The van der Waals surface area contributed by atoms with E-state index in [2.05, 4.69) is 0 Å². The van der Waals surface area contributed by atoms with Crippen molar-refractivity contribution >= 4 is 11.9 Å². The highest BCUT2D eigenvalue weighted by molar-refractivity contribution is 5.73. The molecule has 0 unspecified atom stereocenters. The quantitative estimate of drug-likeness (QED) is 0.415. The summed E-state index contributed by atoms with van der Waals surface area (Å²) in [5.41, 5.74) is 10.4. The molecule has 2 atom stereocenters. The fourth-order valence-corrected chi connectivity index (χ4v) is 0.687. The van der Waals surface area contributed by atoms with Crippen LogP contribution in [0.25, 0.3) is 0 Å². The normalized spacial score (nSPS) is 15.3. The Morgan fingerprint density at radius 2 is 1.29 bits per heavy atom. The van der Waals surface area contributed by atoms with E-state index >= 15 is 0 Å². The Morgan fingerprint density at radius 3 is 1.50 bits per heavy atom. The summed E-state index contributed by atoms with van der Waals surface area (Å²) in [7, 11) is 0. The molecule has 0 radical (unpaired) electrons. The van der Waals surface area contributed by atoms with Crippen molar-refractivity contribution in [1.29, 1.82) is 0 Å². The maximum absolute atomic E-state index is 10.3. The zero-order valence-electron chi connectivity index (χ0n) is 7.59. The lowest BCUT2D eigenvalue weighted by Crippen LogP contribution is -2.30. The first-order valence-electron chi connectivity index (χ1n) is 4.07. The van der Waals surface area contributed by atoms with E-state index in [4.69, 9.17) is 21.7 Å². The summed E-state index contributed by atoms with van der Waals surface area (Å²) >= 11 is 0. The minimum atomic E-state index is -1.09. The molecule has 0 heterocycles. The monoisotopic (exact) mass is 202 g/mol. The van der Waals surface area contributed by atoms with Crippen LogP contribution in [0.5, 0.6) is 0 Å². The first-order chi connectivity index (χ1) is 6.45. The van der Waals surface area contributed by atoms with Crippen LogP contribution in [-0.2, 0) is 9.59 Å². The lowest BCUT2D eigenvalue weighted by atomic mass is 10.1. The third-order valence-corrected chi connectivity index (χ3v) is 1.58. The van der Waals surface area contributed by atoms with Gasteiger partial charge in [-0.05, 0) is 12.8 Å². The highest BCUT2D eigenvalue weighted by Gasteiger charge is 2.10. The van der Waals surface area contributed by atoms with E-state index in [9.17, 15) is 9.59 Å². The molecule has 0 aromatic carbocycles. The molecule has 0 aromatic rings. The third kappa shape index (κ3) is 5.28. The van der Waals surface area contributed by atoms with Crippen molar-refractivity contribution in [3.63, 3.8) is 0 Å². The van der Waals surface area contributed by atoms with Gasteiger partial charge >= 0.3 is 11.9 Å². The summed E-state index contributed by atoms with van der Waals surface area (Å²) < 4.78 is 0. The zero-order chi connectivity index (χ0) is 11.1. The van der Waals surface area contributed by atoms with Crippen molar-refractivity contribution in [3.05, 3.63) is 12.2 Å². The van der Waals surface area contributed by atoms with Crippen molar-refractivity contribution in [3.8, 4) is 0 Å². The molecule has 6 nitrogen and oxygen atoms in total. The second-order valence-electron chi connectivity index (χ2n) is 2.83. The highest BCUT2D eigenvalue weighted by Crippen LogP contribution is 1.95. The predicted octanol–water partition coefficient (Wildman–Crippen LogP) is -0.853. The van der Waals surface area contributed by atoms with Gasteiger partial charge in [0.05, 0.1) is 0 Å². The van der Waals surface area contributed by atoms with Gasteiger partial charge < -0.3 is 21.7 Å². The number of aliphatic carboxylic acids is 2. The first-order valence-corrected chi connectivity index (χ1v) is 4.07. The lowest BCUT2D eigenvalue weighted by molar-refractivity contribution is -0.139. The van der Waals surface area contributed by atoms with Crippen molar-refractivity contribution in [2.75, 3.05) is 0 Å². The Balaban J connectivity index is 3.74. The topological polar surface area (TPSA) is 127 Å². The molecule has 6 N–H and O–H groups in total. The van der Waals surface area contributed by atoms with Gasteiger partial charge in [0.2, 0.25) is 0 Å². The van der Waals surface area contributed by atoms with Gasteiger partial charge in [-0.3, -0.25) is 9.59 Å². The Hall–Kier alpha value is -1.40. The second-order valence-corrected chi connectivity index (χ2v) is 2.83. The molecule has 0 bridgehead atoms.